The molecule has 3 aromatic rings. The molecule has 1 N–H and O–H groups in total. The second kappa shape index (κ2) is 6.00. The third-order valence-electron chi connectivity index (χ3n) is 4.73. The lowest BCUT2D eigenvalue weighted by atomic mass is 10.1. The summed E-state index contributed by atoms with van der Waals surface area (Å²) in [5.41, 5.74) is 4.02. The van der Waals surface area contributed by atoms with Gasteiger partial charge in [0.2, 0.25) is 11.8 Å². The number of nitrogens with one attached hydrogen (secondary N) is 1. The number of H-pyrrole nitrogens is 1. The standard InChI is InChI=1S/C18H20N4O3/c1-10-11(2)19-15-5-4-13(8-14(10)15)18(23)22-6-7-24-16(9-22)17-21-20-12(3)25-17/h4-5,8,16,19H,6-7,9H2,1-3H3. The zero-order valence-corrected chi connectivity index (χ0v) is 14.5. The van der Waals surface area contributed by atoms with E-state index in [1.54, 1.807) is 11.8 Å². The van der Waals surface area contributed by atoms with Crippen LogP contribution < -0.4 is 0 Å². The molecule has 7 nitrogen and oxygen atoms in total. The number of morpholine rings is 1. The average molecular weight is 340 g/mol. The third-order valence-corrected chi connectivity index (χ3v) is 4.73. The number of aromatic nitrogens is 3. The highest BCUT2D eigenvalue weighted by atomic mass is 16.5. The van der Waals surface area contributed by atoms with Crippen LogP contribution in [0.25, 0.3) is 10.9 Å². The number of hydrogen-bond donors (Lipinski definition) is 1. The van der Waals surface area contributed by atoms with Gasteiger partial charge in [0.1, 0.15) is 0 Å². The first-order valence-electron chi connectivity index (χ1n) is 8.32. The molecule has 1 amide bonds. The van der Waals surface area contributed by atoms with Crippen LogP contribution in [-0.4, -0.2) is 45.7 Å². The van der Waals surface area contributed by atoms with E-state index in [0.29, 0.717) is 37.0 Å². The summed E-state index contributed by atoms with van der Waals surface area (Å²) in [5, 5.41) is 8.92. The maximum Gasteiger partial charge on any atom is 0.254 e. The van der Waals surface area contributed by atoms with Crippen molar-refractivity contribution in [3.8, 4) is 0 Å². The first-order chi connectivity index (χ1) is 12.0. The van der Waals surface area contributed by atoms with Gasteiger partial charge in [0.15, 0.2) is 6.10 Å². The molecule has 130 valence electrons. The van der Waals surface area contributed by atoms with Crippen LogP contribution in [0.4, 0.5) is 0 Å². The van der Waals surface area contributed by atoms with Gasteiger partial charge < -0.3 is 19.0 Å². The Balaban J connectivity index is 1.58. The summed E-state index contributed by atoms with van der Waals surface area (Å²) in [4.78, 5) is 18.0. The molecule has 2 aromatic heterocycles. The Hall–Kier alpha value is -2.67. The van der Waals surface area contributed by atoms with Crippen molar-refractivity contribution >= 4 is 16.8 Å². The van der Waals surface area contributed by atoms with Gasteiger partial charge in [-0.3, -0.25) is 4.79 Å². The van der Waals surface area contributed by atoms with Gasteiger partial charge in [-0.15, -0.1) is 10.2 Å². The van der Waals surface area contributed by atoms with Crippen LogP contribution in [0.5, 0.6) is 0 Å². The number of benzene rings is 1. The summed E-state index contributed by atoms with van der Waals surface area (Å²) < 4.78 is 11.1. The Kier molecular flexibility index (Phi) is 3.80. The van der Waals surface area contributed by atoms with Crippen LogP contribution >= 0.6 is 0 Å². The molecule has 0 saturated carbocycles. The van der Waals surface area contributed by atoms with Gasteiger partial charge in [0, 0.05) is 35.6 Å². The van der Waals surface area contributed by atoms with Gasteiger partial charge in [0.05, 0.1) is 13.2 Å². The Morgan fingerprint density at radius 3 is 2.88 bits per heavy atom. The van der Waals surface area contributed by atoms with Gasteiger partial charge >= 0.3 is 0 Å². The van der Waals surface area contributed by atoms with Crippen LogP contribution in [0.3, 0.4) is 0 Å². The summed E-state index contributed by atoms with van der Waals surface area (Å²) in [6.45, 7) is 7.23. The van der Waals surface area contributed by atoms with E-state index in [4.69, 9.17) is 9.15 Å². The molecule has 4 rings (SSSR count). The molecule has 0 radical (unpaired) electrons. The van der Waals surface area contributed by atoms with Gasteiger partial charge in [-0.1, -0.05) is 0 Å². The van der Waals surface area contributed by atoms with Crippen molar-refractivity contribution < 1.29 is 13.9 Å². The Morgan fingerprint density at radius 2 is 2.12 bits per heavy atom. The van der Waals surface area contributed by atoms with Crippen molar-refractivity contribution in [1.82, 2.24) is 20.1 Å². The third kappa shape index (κ3) is 2.80. The lowest BCUT2D eigenvalue weighted by Crippen LogP contribution is -2.42. The molecule has 1 aromatic carbocycles. The minimum Gasteiger partial charge on any atom is -0.423 e. The molecular formula is C18H20N4O3. The molecule has 3 heterocycles. The largest absolute Gasteiger partial charge is 0.423 e. The number of nitrogens with zero attached hydrogens (tertiary/aromatic N) is 3. The second-order valence-corrected chi connectivity index (χ2v) is 6.41. The summed E-state index contributed by atoms with van der Waals surface area (Å²) in [7, 11) is 0. The highest BCUT2D eigenvalue weighted by molar-refractivity contribution is 5.99. The second-order valence-electron chi connectivity index (χ2n) is 6.41. The topological polar surface area (TPSA) is 84.2 Å². The molecule has 1 aliphatic heterocycles. The number of aryl methyl sites for hydroxylation is 3. The summed E-state index contributed by atoms with van der Waals surface area (Å²) in [5.74, 6) is 0.901. The molecule has 25 heavy (non-hydrogen) atoms. The lowest BCUT2D eigenvalue weighted by Gasteiger charge is -2.31. The van der Waals surface area contributed by atoms with E-state index in [1.807, 2.05) is 25.1 Å². The molecule has 0 aliphatic carbocycles. The molecule has 0 spiro atoms. The van der Waals surface area contributed by atoms with E-state index in [0.717, 1.165) is 16.6 Å². The zero-order valence-electron chi connectivity index (χ0n) is 14.5. The van der Waals surface area contributed by atoms with Gasteiger partial charge in [-0.05, 0) is 37.6 Å². The number of amides is 1. The molecule has 0 bridgehead atoms. The van der Waals surface area contributed by atoms with Crippen LogP contribution in [0, 0.1) is 20.8 Å². The fraction of sp³-hybridized carbons (Fsp3) is 0.389. The minimum absolute atomic E-state index is 0.00955. The average Bonchev–Trinajstić information content (AvgIpc) is 3.18. The van der Waals surface area contributed by atoms with Crippen molar-refractivity contribution in [2.24, 2.45) is 0 Å². The number of rotatable bonds is 2. The molecule has 7 heteroatoms. The van der Waals surface area contributed by atoms with Crippen molar-refractivity contribution in [2.45, 2.75) is 26.9 Å². The fourth-order valence-electron chi connectivity index (χ4n) is 3.20. The summed E-state index contributed by atoms with van der Waals surface area (Å²) in [6, 6.07) is 5.78. The molecule has 1 atom stereocenters. The number of hydrogen-bond acceptors (Lipinski definition) is 5. The van der Waals surface area contributed by atoms with Crippen molar-refractivity contribution in [1.29, 1.82) is 0 Å². The molecule has 1 fully saturated rings. The van der Waals surface area contributed by atoms with E-state index in [2.05, 4.69) is 22.1 Å². The monoisotopic (exact) mass is 340 g/mol. The smallest absolute Gasteiger partial charge is 0.254 e. The highest BCUT2D eigenvalue weighted by Gasteiger charge is 2.29. The number of ether oxygens (including phenoxy) is 1. The minimum atomic E-state index is -0.376. The predicted molar refractivity (Wildman–Crippen MR) is 91.4 cm³/mol. The van der Waals surface area contributed by atoms with E-state index in [-0.39, 0.29) is 12.0 Å². The zero-order chi connectivity index (χ0) is 17.6. The van der Waals surface area contributed by atoms with Crippen molar-refractivity contribution in [2.75, 3.05) is 19.7 Å². The SMILES string of the molecule is Cc1nnc(C2CN(C(=O)c3ccc4[nH]c(C)c(C)c4c3)CCO2)o1. The van der Waals surface area contributed by atoms with E-state index < -0.39 is 0 Å². The van der Waals surface area contributed by atoms with Crippen LogP contribution in [0.15, 0.2) is 22.6 Å². The number of carbonyl (C=O) groups is 1. The van der Waals surface area contributed by atoms with E-state index in [9.17, 15) is 4.79 Å². The van der Waals surface area contributed by atoms with Crippen molar-refractivity contribution in [3.63, 3.8) is 0 Å². The van der Waals surface area contributed by atoms with E-state index >= 15 is 0 Å². The van der Waals surface area contributed by atoms with Crippen LogP contribution in [0.1, 0.15) is 39.5 Å². The van der Waals surface area contributed by atoms with E-state index in [1.165, 1.54) is 5.56 Å². The van der Waals surface area contributed by atoms with Crippen molar-refractivity contribution in [3.05, 3.63) is 46.8 Å². The Morgan fingerprint density at radius 1 is 1.28 bits per heavy atom. The number of fused-ring (bicyclic) bond motifs is 1. The Bertz CT molecular complexity index is 943. The van der Waals surface area contributed by atoms with Crippen LogP contribution in [0.2, 0.25) is 0 Å². The molecule has 1 unspecified atom stereocenters. The number of aromatic amines is 1. The van der Waals surface area contributed by atoms with Crippen LogP contribution in [-0.2, 0) is 4.74 Å². The number of carbonyl (C=O) groups excluding carboxylic acids is 1. The van der Waals surface area contributed by atoms with Gasteiger partial charge in [-0.2, -0.15) is 0 Å². The lowest BCUT2D eigenvalue weighted by molar-refractivity contribution is -0.0349. The Labute approximate surface area is 145 Å². The fourth-order valence-corrected chi connectivity index (χ4v) is 3.20. The molecular weight excluding hydrogens is 320 g/mol. The van der Waals surface area contributed by atoms with Gasteiger partial charge in [0.25, 0.3) is 5.91 Å². The normalized spacial score (nSPS) is 18.0. The van der Waals surface area contributed by atoms with Gasteiger partial charge in [-0.25, -0.2) is 0 Å². The maximum absolute atomic E-state index is 12.9. The maximum atomic E-state index is 12.9. The first kappa shape index (κ1) is 15.8. The summed E-state index contributed by atoms with van der Waals surface area (Å²) in [6.07, 6.45) is -0.376. The first-order valence-corrected chi connectivity index (χ1v) is 8.32. The summed E-state index contributed by atoms with van der Waals surface area (Å²) >= 11 is 0. The molecule has 1 saturated heterocycles. The highest BCUT2D eigenvalue weighted by Crippen LogP contribution is 2.25. The quantitative estimate of drug-likeness (QED) is 0.775. The molecule has 1 aliphatic rings. The predicted octanol–water partition coefficient (Wildman–Crippen LogP) is 2.69.